The smallest absolute Gasteiger partial charge is 0.260 e. The summed E-state index contributed by atoms with van der Waals surface area (Å²) >= 11 is 12.4. The van der Waals surface area contributed by atoms with Crippen molar-refractivity contribution in [1.82, 2.24) is 9.55 Å². The second-order valence-corrected chi connectivity index (χ2v) is 7.84. The summed E-state index contributed by atoms with van der Waals surface area (Å²) in [6.45, 7) is 8.26. The average Bonchev–Trinajstić information content (AvgIpc) is 2.58. The molecule has 2 heterocycles. The topological polar surface area (TPSA) is 38.1 Å². The zero-order valence-corrected chi connectivity index (χ0v) is 16.4. The molecule has 0 radical (unpaired) electrons. The number of piperidine rings is 1. The highest BCUT2D eigenvalue weighted by Crippen LogP contribution is 2.35. The van der Waals surface area contributed by atoms with Crippen LogP contribution in [0.3, 0.4) is 0 Å². The number of aryl methyl sites for hydroxylation is 1. The minimum atomic E-state index is -0.143. The van der Waals surface area contributed by atoms with Crippen LogP contribution in [0.25, 0.3) is 5.69 Å². The highest BCUT2D eigenvalue weighted by atomic mass is 35.5. The van der Waals surface area contributed by atoms with Crippen LogP contribution in [0, 0.1) is 12.3 Å². The zero-order valence-electron chi connectivity index (χ0n) is 14.9. The van der Waals surface area contributed by atoms with E-state index in [9.17, 15) is 4.79 Å². The maximum atomic E-state index is 12.7. The molecule has 0 spiro atoms. The van der Waals surface area contributed by atoms with Crippen molar-refractivity contribution in [2.24, 2.45) is 5.41 Å². The van der Waals surface area contributed by atoms with E-state index in [2.05, 4.69) is 23.7 Å². The second-order valence-electron chi connectivity index (χ2n) is 7.06. The number of aromatic nitrogens is 2. The Balaban J connectivity index is 1.94. The molecular weight excluding hydrogens is 357 g/mol. The molecular formula is C19H23Cl2N3O. The zero-order chi connectivity index (χ0) is 18.2. The van der Waals surface area contributed by atoms with E-state index < -0.39 is 0 Å². The van der Waals surface area contributed by atoms with Crippen LogP contribution >= 0.6 is 23.2 Å². The van der Waals surface area contributed by atoms with Crippen LogP contribution in [0.15, 0.2) is 29.1 Å². The third-order valence-corrected chi connectivity index (χ3v) is 6.20. The first kappa shape index (κ1) is 18.3. The van der Waals surface area contributed by atoms with Gasteiger partial charge >= 0.3 is 0 Å². The van der Waals surface area contributed by atoms with Gasteiger partial charge in [-0.1, -0.05) is 49.5 Å². The molecule has 0 bridgehead atoms. The predicted octanol–water partition coefficient (Wildman–Crippen LogP) is 4.86. The predicted molar refractivity (Wildman–Crippen MR) is 104 cm³/mol. The van der Waals surface area contributed by atoms with E-state index >= 15 is 0 Å². The van der Waals surface area contributed by atoms with Crippen molar-refractivity contribution in [3.63, 3.8) is 0 Å². The van der Waals surface area contributed by atoms with Crippen LogP contribution in [-0.2, 0) is 0 Å². The lowest BCUT2D eigenvalue weighted by molar-refractivity contribution is 0.237. The second kappa shape index (κ2) is 7.00. The molecule has 1 aromatic heterocycles. The average molecular weight is 380 g/mol. The van der Waals surface area contributed by atoms with Gasteiger partial charge < -0.3 is 4.90 Å². The largest absolute Gasteiger partial charge is 0.356 e. The Morgan fingerprint density at radius 3 is 2.52 bits per heavy atom. The fourth-order valence-electron chi connectivity index (χ4n) is 3.33. The summed E-state index contributed by atoms with van der Waals surface area (Å²) < 4.78 is 1.51. The molecule has 4 nitrogen and oxygen atoms in total. The Labute approximate surface area is 158 Å². The van der Waals surface area contributed by atoms with E-state index in [4.69, 9.17) is 23.2 Å². The molecule has 0 aliphatic carbocycles. The highest BCUT2D eigenvalue weighted by Gasteiger charge is 2.29. The lowest BCUT2D eigenvalue weighted by Crippen LogP contribution is -2.39. The third-order valence-electron chi connectivity index (χ3n) is 5.39. The van der Waals surface area contributed by atoms with E-state index in [0.717, 1.165) is 31.7 Å². The van der Waals surface area contributed by atoms with Gasteiger partial charge in [-0.2, -0.15) is 0 Å². The van der Waals surface area contributed by atoms with Crippen molar-refractivity contribution in [1.29, 1.82) is 0 Å². The summed E-state index contributed by atoms with van der Waals surface area (Å²) in [7, 11) is 0. The molecule has 25 heavy (non-hydrogen) atoms. The van der Waals surface area contributed by atoms with E-state index in [0.29, 0.717) is 27.0 Å². The number of rotatable bonds is 3. The lowest BCUT2D eigenvalue weighted by Gasteiger charge is -2.39. The van der Waals surface area contributed by atoms with Crippen molar-refractivity contribution in [3.05, 3.63) is 50.5 Å². The summed E-state index contributed by atoms with van der Waals surface area (Å²) in [6.07, 6.45) is 3.42. The van der Waals surface area contributed by atoms with E-state index in [1.54, 1.807) is 24.3 Å². The maximum absolute atomic E-state index is 12.7. The molecule has 1 aliphatic rings. The van der Waals surface area contributed by atoms with Gasteiger partial charge in [-0.05, 0) is 37.3 Å². The van der Waals surface area contributed by atoms with Crippen molar-refractivity contribution in [3.8, 4) is 5.69 Å². The van der Waals surface area contributed by atoms with Crippen molar-refractivity contribution in [2.75, 3.05) is 18.0 Å². The molecule has 0 unspecified atom stereocenters. The molecule has 1 saturated heterocycles. The highest BCUT2D eigenvalue weighted by molar-refractivity contribution is 6.43. The van der Waals surface area contributed by atoms with Crippen molar-refractivity contribution >= 4 is 29.0 Å². The van der Waals surface area contributed by atoms with Crippen LogP contribution in [-0.4, -0.2) is 22.6 Å². The Morgan fingerprint density at radius 1 is 1.24 bits per heavy atom. The molecule has 0 amide bonds. The molecule has 0 atom stereocenters. The van der Waals surface area contributed by atoms with Crippen molar-refractivity contribution < 1.29 is 0 Å². The summed E-state index contributed by atoms with van der Waals surface area (Å²) in [5.41, 5.74) is 0.817. The van der Waals surface area contributed by atoms with Gasteiger partial charge in [-0.25, -0.2) is 4.98 Å². The summed E-state index contributed by atoms with van der Waals surface area (Å²) in [4.78, 5) is 19.6. The van der Waals surface area contributed by atoms with Gasteiger partial charge in [0, 0.05) is 19.2 Å². The minimum absolute atomic E-state index is 0.143. The molecule has 1 aromatic carbocycles. The van der Waals surface area contributed by atoms with Gasteiger partial charge in [0.1, 0.15) is 11.6 Å². The molecule has 1 fully saturated rings. The molecule has 2 aromatic rings. The van der Waals surface area contributed by atoms with Crippen LogP contribution in [0.4, 0.5) is 5.82 Å². The maximum Gasteiger partial charge on any atom is 0.260 e. The van der Waals surface area contributed by atoms with E-state index in [1.807, 2.05) is 6.92 Å². The Morgan fingerprint density at radius 2 is 1.92 bits per heavy atom. The standard InChI is InChI=1S/C19H23Cl2N3O/c1-4-19(3)8-10-23(11-9-19)16-12-17(25)24(13(2)22-16)15-7-5-6-14(20)18(15)21/h5-7,12H,4,8-11H2,1-3H3. The summed E-state index contributed by atoms with van der Waals surface area (Å²) in [5.74, 6) is 1.35. The van der Waals surface area contributed by atoms with Gasteiger partial charge in [0.05, 0.1) is 15.7 Å². The van der Waals surface area contributed by atoms with E-state index in [1.165, 1.54) is 11.0 Å². The van der Waals surface area contributed by atoms with E-state index in [-0.39, 0.29) is 5.56 Å². The molecule has 134 valence electrons. The minimum Gasteiger partial charge on any atom is -0.356 e. The molecule has 0 saturated carbocycles. The first-order valence-electron chi connectivity index (χ1n) is 8.65. The normalized spacial score (nSPS) is 16.9. The number of hydrogen-bond donors (Lipinski definition) is 0. The Kier molecular flexibility index (Phi) is 5.12. The van der Waals surface area contributed by atoms with Gasteiger partial charge in [0.2, 0.25) is 0 Å². The monoisotopic (exact) mass is 379 g/mol. The number of hydrogen-bond acceptors (Lipinski definition) is 3. The molecule has 6 heteroatoms. The summed E-state index contributed by atoms with van der Waals surface area (Å²) in [5, 5.41) is 0.782. The number of nitrogens with zero attached hydrogens (tertiary/aromatic N) is 3. The summed E-state index contributed by atoms with van der Waals surface area (Å²) in [6, 6.07) is 6.85. The van der Waals surface area contributed by atoms with Crippen LogP contribution in [0.1, 0.15) is 38.9 Å². The first-order chi connectivity index (χ1) is 11.8. The molecule has 3 rings (SSSR count). The van der Waals surface area contributed by atoms with Gasteiger partial charge in [0.25, 0.3) is 5.56 Å². The first-order valence-corrected chi connectivity index (χ1v) is 9.40. The number of halogens is 2. The van der Waals surface area contributed by atoms with Crippen LogP contribution in [0.2, 0.25) is 10.0 Å². The van der Waals surface area contributed by atoms with Gasteiger partial charge in [-0.3, -0.25) is 9.36 Å². The Bertz CT molecular complexity index is 839. The quantitative estimate of drug-likeness (QED) is 0.763. The molecule has 1 aliphatic heterocycles. The van der Waals surface area contributed by atoms with Crippen molar-refractivity contribution in [2.45, 2.75) is 40.0 Å². The van der Waals surface area contributed by atoms with Crippen LogP contribution in [0.5, 0.6) is 0 Å². The fourth-order valence-corrected chi connectivity index (χ4v) is 3.71. The lowest BCUT2D eigenvalue weighted by atomic mass is 9.78. The Hall–Kier alpha value is -1.52. The third kappa shape index (κ3) is 3.56. The number of anilines is 1. The van der Waals surface area contributed by atoms with Crippen LogP contribution < -0.4 is 10.5 Å². The van der Waals surface area contributed by atoms with Gasteiger partial charge in [-0.15, -0.1) is 0 Å². The SMILES string of the molecule is CCC1(C)CCN(c2cc(=O)n(-c3cccc(Cl)c3Cl)c(C)n2)CC1. The molecule has 0 N–H and O–H groups in total. The van der Waals surface area contributed by atoms with Gasteiger partial charge in [0.15, 0.2) is 0 Å². The fraction of sp³-hybridized carbons (Fsp3) is 0.474. The number of benzene rings is 1.